The van der Waals surface area contributed by atoms with E-state index in [2.05, 4.69) is 20.3 Å². The largest absolute Gasteiger partial charge is 0.356 e. The summed E-state index contributed by atoms with van der Waals surface area (Å²) < 4.78 is 37.8. The van der Waals surface area contributed by atoms with Gasteiger partial charge < -0.3 is 10.6 Å². The molecule has 1 aliphatic rings. The maximum absolute atomic E-state index is 13.4. The van der Waals surface area contributed by atoms with Gasteiger partial charge in [0.05, 0.1) is 6.26 Å². The Labute approximate surface area is 166 Å². The molecule has 1 aliphatic carbocycles. The number of guanidine groups is 1. The molecule has 142 valence electrons. The van der Waals surface area contributed by atoms with Crippen LogP contribution in [0.2, 0.25) is 0 Å². The lowest BCUT2D eigenvalue weighted by Gasteiger charge is -2.19. The number of sulfonamides is 1. The summed E-state index contributed by atoms with van der Waals surface area (Å²) >= 11 is 0. The van der Waals surface area contributed by atoms with Crippen LogP contribution in [0.1, 0.15) is 24.8 Å². The van der Waals surface area contributed by atoms with E-state index in [9.17, 15) is 12.8 Å². The summed E-state index contributed by atoms with van der Waals surface area (Å²) in [6.07, 6.45) is 3.85. The molecule has 0 bridgehead atoms. The van der Waals surface area contributed by atoms with Gasteiger partial charge in [-0.05, 0) is 37.0 Å². The number of hydrogen-bond donors (Lipinski definition) is 3. The normalized spacial score (nSPS) is 16.0. The van der Waals surface area contributed by atoms with Gasteiger partial charge in [0.25, 0.3) is 0 Å². The van der Waals surface area contributed by atoms with E-state index < -0.39 is 10.0 Å². The number of nitrogens with one attached hydrogen (secondary N) is 3. The zero-order valence-electron chi connectivity index (χ0n) is 14.5. The van der Waals surface area contributed by atoms with E-state index in [0.29, 0.717) is 32.0 Å². The maximum Gasteiger partial charge on any atom is 0.208 e. The molecule has 9 heteroatoms. The van der Waals surface area contributed by atoms with Gasteiger partial charge in [-0.25, -0.2) is 17.5 Å². The average Bonchev–Trinajstić information content (AvgIpc) is 3.30. The number of nitrogens with zero attached hydrogens (tertiary/aromatic N) is 1. The van der Waals surface area contributed by atoms with Crippen LogP contribution in [0.15, 0.2) is 29.3 Å². The Morgan fingerprint density at radius 3 is 2.56 bits per heavy atom. The van der Waals surface area contributed by atoms with Crippen molar-refractivity contribution in [1.29, 1.82) is 0 Å². The summed E-state index contributed by atoms with van der Waals surface area (Å²) in [5, 5.41) is 6.42. The second-order valence-corrected chi connectivity index (χ2v) is 8.00. The fourth-order valence-corrected chi connectivity index (χ4v) is 3.08. The van der Waals surface area contributed by atoms with E-state index in [1.54, 1.807) is 19.2 Å². The van der Waals surface area contributed by atoms with Gasteiger partial charge in [0.2, 0.25) is 10.0 Å². The van der Waals surface area contributed by atoms with Crippen molar-refractivity contribution in [1.82, 2.24) is 15.4 Å². The fourth-order valence-electron chi connectivity index (χ4n) is 2.56. The summed E-state index contributed by atoms with van der Waals surface area (Å²) in [5.41, 5.74) is 1.00. The molecule has 1 fully saturated rings. The highest BCUT2D eigenvalue weighted by Crippen LogP contribution is 2.47. The molecule has 3 N–H and O–H groups in total. The highest BCUT2D eigenvalue weighted by atomic mass is 127. The van der Waals surface area contributed by atoms with Crippen LogP contribution < -0.4 is 15.4 Å². The number of hydrogen-bond acceptors (Lipinski definition) is 3. The molecule has 2 rings (SSSR count). The van der Waals surface area contributed by atoms with Crippen LogP contribution in [0.3, 0.4) is 0 Å². The zero-order valence-corrected chi connectivity index (χ0v) is 17.7. The molecule has 0 amide bonds. The molecular formula is C16H26FIN4O2S. The topological polar surface area (TPSA) is 82.6 Å². The van der Waals surface area contributed by atoms with E-state index in [1.165, 1.54) is 6.07 Å². The molecule has 0 unspecified atom stereocenters. The van der Waals surface area contributed by atoms with Crippen LogP contribution in [0.25, 0.3) is 0 Å². The Hall–Kier alpha value is -0.940. The van der Waals surface area contributed by atoms with Gasteiger partial charge in [-0.15, -0.1) is 24.0 Å². The average molecular weight is 484 g/mol. The third-order valence-corrected chi connectivity index (χ3v) is 4.85. The van der Waals surface area contributed by atoms with Crippen molar-refractivity contribution in [2.45, 2.75) is 24.7 Å². The van der Waals surface area contributed by atoms with Gasteiger partial charge in [-0.3, -0.25) is 4.99 Å². The van der Waals surface area contributed by atoms with Crippen molar-refractivity contribution in [2.24, 2.45) is 4.99 Å². The maximum atomic E-state index is 13.4. The van der Waals surface area contributed by atoms with E-state index in [4.69, 9.17) is 0 Å². The van der Waals surface area contributed by atoms with Crippen molar-refractivity contribution < 1.29 is 12.8 Å². The Morgan fingerprint density at radius 1 is 1.28 bits per heavy atom. The van der Waals surface area contributed by atoms with Gasteiger partial charge in [0.15, 0.2) is 5.96 Å². The van der Waals surface area contributed by atoms with Crippen molar-refractivity contribution in [3.05, 3.63) is 35.6 Å². The van der Waals surface area contributed by atoms with Crippen molar-refractivity contribution in [3.63, 3.8) is 0 Å². The Bertz CT molecular complexity index is 693. The lowest BCUT2D eigenvalue weighted by atomic mass is 9.96. The lowest BCUT2D eigenvalue weighted by Crippen LogP contribution is -2.42. The number of halogens is 2. The highest BCUT2D eigenvalue weighted by molar-refractivity contribution is 14.0. The first-order valence-electron chi connectivity index (χ1n) is 8.00. The molecule has 1 aromatic carbocycles. The zero-order chi connectivity index (χ0) is 17.6. The molecule has 0 saturated heterocycles. The first-order chi connectivity index (χ1) is 11.3. The third-order valence-electron chi connectivity index (χ3n) is 4.12. The van der Waals surface area contributed by atoms with Gasteiger partial charge in [-0.1, -0.05) is 12.1 Å². The Kier molecular flexibility index (Phi) is 8.55. The van der Waals surface area contributed by atoms with Gasteiger partial charge in [0.1, 0.15) is 5.82 Å². The second-order valence-electron chi connectivity index (χ2n) is 6.16. The summed E-state index contributed by atoms with van der Waals surface area (Å²) in [5.74, 6) is 0.455. The number of benzene rings is 1. The minimum atomic E-state index is -3.14. The highest BCUT2D eigenvalue weighted by Gasteiger charge is 2.44. The van der Waals surface area contributed by atoms with Crippen LogP contribution in [0, 0.1) is 5.82 Å². The third kappa shape index (κ3) is 7.45. The van der Waals surface area contributed by atoms with Crippen molar-refractivity contribution in [3.8, 4) is 0 Å². The number of aliphatic imine (C=N–C) groups is 1. The molecule has 0 aromatic heterocycles. The fraction of sp³-hybridized carbons (Fsp3) is 0.562. The summed E-state index contributed by atoms with van der Waals surface area (Å²) in [4.78, 5) is 4.16. The Balaban J connectivity index is 0.00000312. The van der Waals surface area contributed by atoms with Gasteiger partial charge in [-0.2, -0.15) is 0 Å². The molecule has 6 nitrogen and oxygen atoms in total. The van der Waals surface area contributed by atoms with Crippen LogP contribution in [-0.4, -0.2) is 47.3 Å². The van der Waals surface area contributed by atoms with Crippen molar-refractivity contribution >= 4 is 40.0 Å². The lowest BCUT2D eigenvalue weighted by molar-refractivity contribution is 0.584. The van der Waals surface area contributed by atoms with Crippen LogP contribution in [-0.2, 0) is 15.4 Å². The second kappa shape index (κ2) is 9.67. The smallest absolute Gasteiger partial charge is 0.208 e. The molecule has 25 heavy (non-hydrogen) atoms. The van der Waals surface area contributed by atoms with E-state index in [1.807, 2.05) is 6.07 Å². The monoisotopic (exact) mass is 484 g/mol. The quantitative estimate of drug-likeness (QED) is 0.227. The van der Waals surface area contributed by atoms with Crippen LogP contribution in [0.5, 0.6) is 0 Å². The summed E-state index contributed by atoms with van der Waals surface area (Å²) in [6, 6.07) is 6.76. The van der Waals surface area contributed by atoms with Gasteiger partial charge >= 0.3 is 0 Å². The van der Waals surface area contributed by atoms with Crippen LogP contribution in [0.4, 0.5) is 4.39 Å². The predicted molar refractivity (Wildman–Crippen MR) is 110 cm³/mol. The van der Waals surface area contributed by atoms with Crippen molar-refractivity contribution in [2.75, 3.05) is 32.9 Å². The van der Waals surface area contributed by atoms with E-state index in [-0.39, 0.29) is 35.2 Å². The first kappa shape index (κ1) is 22.1. The predicted octanol–water partition coefficient (Wildman–Crippen LogP) is 1.58. The number of rotatable bonds is 8. The molecule has 0 heterocycles. The molecule has 0 spiro atoms. The SMILES string of the molecule is CN=C(NCCCNS(C)(=O)=O)NCC1(c2cccc(F)c2)CC1.I. The molecule has 0 atom stereocenters. The first-order valence-corrected chi connectivity index (χ1v) is 9.89. The van der Waals surface area contributed by atoms with E-state index >= 15 is 0 Å². The minimum Gasteiger partial charge on any atom is -0.356 e. The minimum absolute atomic E-state index is 0. The van der Waals surface area contributed by atoms with Gasteiger partial charge in [0, 0.05) is 32.1 Å². The standard InChI is InChI=1S/C16H25FN4O2S.HI/c1-18-15(19-9-4-10-21-24(2,22)23)20-12-16(7-8-16)13-5-3-6-14(17)11-13;/h3,5-6,11,21H,4,7-10,12H2,1-2H3,(H2,18,19,20);1H. The van der Waals surface area contributed by atoms with Crippen LogP contribution >= 0.6 is 24.0 Å². The molecule has 1 saturated carbocycles. The molecule has 0 aliphatic heterocycles. The van der Waals surface area contributed by atoms with E-state index in [0.717, 1.165) is 24.7 Å². The Morgan fingerprint density at radius 2 is 2.00 bits per heavy atom. The summed E-state index contributed by atoms with van der Waals surface area (Å²) in [6.45, 7) is 1.68. The molecule has 1 aromatic rings. The molecular weight excluding hydrogens is 458 g/mol. The summed E-state index contributed by atoms with van der Waals surface area (Å²) in [7, 11) is -1.45. The molecule has 0 radical (unpaired) electrons.